The van der Waals surface area contributed by atoms with Crippen LogP contribution in [0.15, 0.2) is 30.3 Å². The molecule has 5 rings (SSSR count). The number of nitrogens with one attached hydrogen (secondary N) is 1. The van der Waals surface area contributed by atoms with E-state index in [2.05, 4.69) is 10.2 Å². The summed E-state index contributed by atoms with van der Waals surface area (Å²) in [4.78, 5) is 20.0. The molecule has 1 amide bonds. The molecular weight excluding hydrogens is 362 g/mol. The first-order valence-corrected chi connectivity index (χ1v) is 11.4. The first-order chi connectivity index (χ1) is 14.3. The van der Waals surface area contributed by atoms with Crippen LogP contribution in [0.25, 0.3) is 10.9 Å². The third kappa shape index (κ3) is 4.40. The molecule has 1 N–H and O–H groups in total. The van der Waals surface area contributed by atoms with E-state index in [1.165, 1.54) is 32.1 Å². The van der Waals surface area contributed by atoms with E-state index in [1.807, 2.05) is 30.3 Å². The molecule has 2 heterocycles. The molecule has 2 aliphatic carbocycles. The summed E-state index contributed by atoms with van der Waals surface area (Å²) >= 11 is 0. The number of piperidine rings is 1. The third-order valence-electron chi connectivity index (χ3n) is 6.56. The van der Waals surface area contributed by atoms with Gasteiger partial charge in [-0.3, -0.25) is 4.79 Å². The average molecular weight is 394 g/mol. The van der Waals surface area contributed by atoms with Crippen LogP contribution in [-0.2, 0) is 4.74 Å². The molecule has 1 aromatic carbocycles. The summed E-state index contributed by atoms with van der Waals surface area (Å²) in [5.41, 5.74) is 1.64. The molecule has 0 unspecified atom stereocenters. The molecule has 5 heteroatoms. The SMILES string of the molecule is O=C(NC1CC1)c1cc(N2CCC(OC3CCCCC3)CC2)nc2ccccc12. The number of carbonyl (C=O) groups is 1. The molecule has 1 saturated heterocycles. The van der Waals surface area contributed by atoms with Crippen LogP contribution in [-0.4, -0.2) is 42.2 Å². The van der Waals surface area contributed by atoms with Crippen molar-refractivity contribution in [3.63, 3.8) is 0 Å². The lowest BCUT2D eigenvalue weighted by molar-refractivity contribution is -0.0395. The van der Waals surface area contributed by atoms with Gasteiger partial charge in [0, 0.05) is 24.5 Å². The quantitative estimate of drug-likeness (QED) is 0.816. The predicted octanol–water partition coefficient (Wildman–Crippen LogP) is 4.45. The summed E-state index contributed by atoms with van der Waals surface area (Å²) in [6.07, 6.45) is 11.5. The normalized spacial score (nSPS) is 21.4. The predicted molar refractivity (Wildman–Crippen MR) is 115 cm³/mol. The minimum Gasteiger partial charge on any atom is -0.375 e. The molecule has 29 heavy (non-hydrogen) atoms. The van der Waals surface area contributed by atoms with E-state index in [9.17, 15) is 4.79 Å². The molecule has 2 saturated carbocycles. The van der Waals surface area contributed by atoms with Crippen LogP contribution in [0, 0.1) is 0 Å². The zero-order valence-electron chi connectivity index (χ0n) is 17.1. The Hall–Kier alpha value is -2.14. The number of rotatable bonds is 5. The number of amides is 1. The highest BCUT2D eigenvalue weighted by molar-refractivity contribution is 6.07. The van der Waals surface area contributed by atoms with Crippen molar-refractivity contribution in [2.45, 2.75) is 76.0 Å². The maximum Gasteiger partial charge on any atom is 0.252 e. The van der Waals surface area contributed by atoms with Crippen molar-refractivity contribution in [2.75, 3.05) is 18.0 Å². The molecule has 3 aliphatic rings. The van der Waals surface area contributed by atoms with Crippen LogP contribution >= 0.6 is 0 Å². The molecule has 5 nitrogen and oxygen atoms in total. The van der Waals surface area contributed by atoms with E-state index in [1.54, 1.807) is 0 Å². The zero-order chi connectivity index (χ0) is 19.6. The second-order valence-corrected chi connectivity index (χ2v) is 8.88. The van der Waals surface area contributed by atoms with Crippen molar-refractivity contribution in [3.8, 4) is 0 Å². The molecule has 3 fully saturated rings. The van der Waals surface area contributed by atoms with Crippen molar-refractivity contribution in [3.05, 3.63) is 35.9 Å². The van der Waals surface area contributed by atoms with Gasteiger partial charge in [0.05, 0.1) is 23.3 Å². The zero-order valence-corrected chi connectivity index (χ0v) is 17.1. The number of aromatic nitrogens is 1. The Labute approximate surface area is 172 Å². The van der Waals surface area contributed by atoms with Gasteiger partial charge in [-0.1, -0.05) is 37.5 Å². The van der Waals surface area contributed by atoms with Crippen LogP contribution < -0.4 is 10.2 Å². The lowest BCUT2D eigenvalue weighted by Crippen LogP contribution is -2.39. The number of ether oxygens (including phenoxy) is 1. The fraction of sp³-hybridized carbons (Fsp3) is 0.583. The largest absolute Gasteiger partial charge is 0.375 e. The van der Waals surface area contributed by atoms with E-state index in [4.69, 9.17) is 9.72 Å². The summed E-state index contributed by atoms with van der Waals surface area (Å²) in [5.74, 6) is 0.948. The topological polar surface area (TPSA) is 54.5 Å². The van der Waals surface area contributed by atoms with Crippen molar-refractivity contribution in [1.82, 2.24) is 10.3 Å². The van der Waals surface area contributed by atoms with Crippen LogP contribution in [0.1, 0.15) is 68.1 Å². The molecular formula is C24H31N3O2. The Kier molecular flexibility index (Phi) is 5.40. The Bertz CT molecular complexity index is 866. The highest BCUT2D eigenvalue weighted by Crippen LogP contribution is 2.29. The average Bonchev–Trinajstić information content (AvgIpc) is 3.58. The van der Waals surface area contributed by atoms with Crippen LogP contribution in [0.3, 0.4) is 0 Å². The van der Waals surface area contributed by atoms with Crippen LogP contribution in [0.2, 0.25) is 0 Å². The number of hydrogen-bond donors (Lipinski definition) is 1. The number of pyridine rings is 1. The Balaban J connectivity index is 1.30. The first kappa shape index (κ1) is 18.9. The number of nitrogens with zero attached hydrogens (tertiary/aromatic N) is 2. The van der Waals surface area contributed by atoms with Crippen molar-refractivity contribution >= 4 is 22.6 Å². The van der Waals surface area contributed by atoms with Crippen LogP contribution in [0.5, 0.6) is 0 Å². The fourth-order valence-corrected chi connectivity index (χ4v) is 4.70. The van der Waals surface area contributed by atoms with Gasteiger partial charge in [0.2, 0.25) is 0 Å². The summed E-state index contributed by atoms with van der Waals surface area (Å²) in [7, 11) is 0. The van der Waals surface area contributed by atoms with Gasteiger partial charge in [0.15, 0.2) is 0 Å². The molecule has 0 spiro atoms. The van der Waals surface area contributed by atoms with E-state index < -0.39 is 0 Å². The molecule has 154 valence electrons. The first-order valence-electron chi connectivity index (χ1n) is 11.4. The Morgan fingerprint density at radius 1 is 0.966 bits per heavy atom. The van der Waals surface area contributed by atoms with Gasteiger partial charge in [0.25, 0.3) is 5.91 Å². The van der Waals surface area contributed by atoms with E-state index in [-0.39, 0.29) is 5.91 Å². The van der Waals surface area contributed by atoms with E-state index in [0.717, 1.165) is 61.1 Å². The standard InChI is InChI=1S/C24H31N3O2/c28-24(25-17-10-11-17)21-16-23(26-22-9-5-4-8-20(21)22)27-14-12-19(13-15-27)29-18-6-2-1-3-7-18/h4-5,8-9,16-19H,1-3,6-7,10-15H2,(H,25,28). The minimum absolute atomic E-state index is 0.0304. The number of para-hydroxylation sites is 1. The molecule has 0 radical (unpaired) electrons. The van der Waals surface area contributed by atoms with Gasteiger partial charge >= 0.3 is 0 Å². The molecule has 0 atom stereocenters. The Morgan fingerprint density at radius 2 is 1.69 bits per heavy atom. The van der Waals surface area contributed by atoms with Gasteiger partial charge in [-0.2, -0.15) is 0 Å². The van der Waals surface area contributed by atoms with Crippen LogP contribution in [0.4, 0.5) is 5.82 Å². The summed E-state index contributed by atoms with van der Waals surface area (Å²) < 4.78 is 6.39. The monoisotopic (exact) mass is 393 g/mol. The van der Waals surface area contributed by atoms with Crippen molar-refractivity contribution in [2.24, 2.45) is 0 Å². The Morgan fingerprint density at radius 3 is 2.45 bits per heavy atom. The summed E-state index contributed by atoms with van der Waals surface area (Å²) in [5, 5.41) is 4.07. The van der Waals surface area contributed by atoms with Crippen molar-refractivity contribution in [1.29, 1.82) is 0 Å². The summed E-state index contributed by atoms with van der Waals surface area (Å²) in [6.45, 7) is 1.87. The second kappa shape index (κ2) is 8.31. The molecule has 1 aromatic heterocycles. The maximum absolute atomic E-state index is 12.8. The summed E-state index contributed by atoms with van der Waals surface area (Å²) in [6, 6.07) is 10.3. The van der Waals surface area contributed by atoms with Crippen molar-refractivity contribution < 1.29 is 9.53 Å². The third-order valence-corrected chi connectivity index (χ3v) is 6.56. The van der Waals surface area contributed by atoms with Gasteiger partial charge in [-0.05, 0) is 50.7 Å². The molecule has 1 aliphatic heterocycles. The number of fused-ring (bicyclic) bond motifs is 1. The van der Waals surface area contributed by atoms with Gasteiger partial charge in [-0.25, -0.2) is 4.98 Å². The highest BCUT2D eigenvalue weighted by Gasteiger charge is 2.27. The number of hydrogen-bond acceptors (Lipinski definition) is 4. The number of carbonyl (C=O) groups excluding carboxylic acids is 1. The van der Waals surface area contributed by atoms with E-state index >= 15 is 0 Å². The van der Waals surface area contributed by atoms with Gasteiger partial charge in [0.1, 0.15) is 5.82 Å². The number of anilines is 1. The lowest BCUT2D eigenvalue weighted by atomic mass is 9.97. The second-order valence-electron chi connectivity index (χ2n) is 8.88. The molecule has 0 bridgehead atoms. The van der Waals surface area contributed by atoms with Gasteiger partial charge in [-0.15, -0.1) is 0 Å². The lowest BCUT2D eigenvalue weighted by Gasteiger charge is -2.35. The number of benzene rings is 1. The minimum atomic E-state index is 0.0304. The van der Waals surface area contributed by atoms with Gasteiger partial charge < -0.3 is 15.0 Å². The maximum atomic E-state index is 12.8. The van der Waals surface area contributed by atoms with E-state index in [0.29, 0.717) is 18.2 Å². The molecule has 2 aromatic rings. The smallest absolute Gasteiger partial charge is 0.252 e. The highest BCUT2D eigenvalue weighted by atomic mass is 16.5. The fourth-order valence-electron chi connectivity index (χ4n) is 4.70.